The van der Waals surface area contributed by atoms with E-state index in [0.29, 0.717) is 0 Å². The summed E-state index contributed by atoms with van der Waals surface area (Å²) in [6, 6.07) is 11.0. The van der Waals surface area contributed by atoms with E-state index in [9.17, 15) is 4.39 Å². The second-order valence-electron chi connectivity index (χ2n) is 4.53. The minimum Gasteiger partial charge on any atom is -0.207 e. The van der Waals surface area contributed by atoms with Gasteiger partial charge in [0.05, 0.1) is 0 Å². The zero-order valence-electron chi connectivity index (χ0n) is 11.0. The molecular formula is C17H17F. The van der Waals surface area contributed by atoms with E-state index in [2.05, 4.69) is 32.1 Å². The van der Waals surface area contributed by atoms with Crippen molar-refractivity contribution in [2.24, 2.45) is 0 Å². The molecule has 0 bridgehead atoms. The third kappa shape index (κ3) is 2.51. The van der Waals surface area contributed by atoms with Gasteiger partial charge >= 0.3 is 0 Å². The average molecular weight is 240 g/mol. The lowest BCUT2D eigenvalue weighted by molar-refractivity contribution is 0.628. The molecule has 1 heteroatoms. The Bertz CT molecular complexity index is 577. The second-order valence-corrected chi connectivity index (χ2v) is 4.53. The number of hydrogen-bond donors (Lipinski definition) is 0. The molecule has 0 fully saturated rings. The molecule has 18 heavy (non-hydrogen) atoms. The summed E-state index contributed by atoms with van der Waals surface area (Å²) in [5, 5.41) is 0. The van der Waals surface area contributed by atoms with E-state index < -0.39 is 0 Å². The molecule has 0 spiro atoms. The second kappa shape index (κ2) is 5.18. The van der Waals surface area contributed by atoms with E-state index in [1.54, 1.807) is 0 Å². The van der Waals surface area contributed by atoms with Gasteiger partial charge in [-0.15, -0.1) is 0 Å². The summed E-state index contributed by atoms with van der Waals surface area (Å²) in [7, 11) is 0. The fourth-order valence-electron chi connectivity index (χ4n) is 2.14. The minimum atomic E-state index is -0.196. The van der Waals surface area contributed by atoms with Crippen molar-refractivity contribution in [3.05, 3.63) is 65.0 Å². The van der Waals surface area contributed by atoms with Crippen LogP contribution in [0.4, 0.5) is 4.39 Å². The van der Waals surface area contributed by atoms with Crippen LogP contribution in [0.2, 0.25) is 0 Å². The zero-order chi connectivity index (χ0) is 13.1. The third-order valence-electron chi connectivity index (χ3n) is 3.11. The molecule has 0 radical (unpaired) electrons. The molecule has 0 aliphatic heterocycles. The summed E-state index contributed by atoms with van der Waals surface area (Å²) in [5.41, 5.74) is 5.91. The molecule has 0 saturated heterocycles. The molecule has 0 atom stereocenters. The van der Waals surface area contributed by atoms with Crippen LogP contribution in [0.1, 0.15) is 23.6 Å². The van der Waals surface area contributed by atoms with E-state index in [-0.39, 0.29) is 5.82 Å². The van der Waals surface area contributed by atoms with Crippen LogP contribution in [0.25, 0.3) is 17.2 Å². The standard InChI is InChI=1S/C17H17F/c1-4-5-15-10-13(3)17(11-12(15)2)14-6-8-16(18)9-7-14/h4-11H,1-3H3/b5-4+. The lowest BCUT2D eigenvalue weighted by atomic mass is 9.95. The van der Waals surface area contributed by atoms with E-state index in [4.69, 9.17) is 0 Å². The van der Waals surface area contributed by atoms with Crippen molar-refractivity contribution in [2.45, 2.75) is 20.8 Å². The zero-order valence-corrected chi connectivity index (χ0v) is 11.0. The molecule has 0 aromatic heterocycles. The first-order valence-electron chi connectivity index (χ1n) is 6.11. The summed E-state index contributed by atoms with van der Waals surface area (Å²) < 4.78 is 12.9. The number of benzene rings is 2. The summed E-state index contributed by atoms with van der Waals surface area (Å²) >= 11 is 0. The van der Waals surface area contributed by atoms with E-state index in [0.717, 1.165) is 5.56 Å². The van der Waals surface area contributed by atoms with Gasteiger partial charge in [-0.05, 0) is 60.7 Å². The predicted octanol–water partition coefficient (Wildman–Crippen LogP) is 5.14. The molecule has 2 aromatic rings. The fraction of sp³-hybridized carbons (Fsp3) is 0.176. The average Bonchev–Trinajstić information content (AvgIpc) is 2.35. The van der Waals surface area contributed by atoms with Crippen molar-refractivity contribution in [3.63, 3.8) is 0 Å². The van der Waals surface area contributed by atoms with Crippen molar-refractivity contribution in [1.29, 1.82) is 0 Å². The number of halogens is 1. The largest absolute Gasteiger partial charge is 0.207 e. The van der Waals surface area contributed by atoms with Crippen LogP contribution < -0.4 is 0 Å². The van der Waals surface area contributed by atoms with Gasteiger partial charge in [0, 0.05) is 0 Å². The Morgan fingerprint density at radius 2 is 1.61 bits per heavy atom. The fourth-order valence-corrected chi connectivity index (χ4v) is 2.14. The monoisotopic (exact) mass is 240 g/mol. The highest BCUT2D eigenvalue weighted by atomic mass is 19.1. The van der Waals surface area contributed by atoms with Gasteiger partial charge in [0.25, 0.3) is 0 Å². The predicted molar refractivity (Wildman–Crippen MR) is 76.0 cm³/mol. The third-order valence-corrected chi connectivity index (χ3v) is 3.11. The van der Waals surface area contributed by atoms with Crippen LogP contribution in [0.5, 0.6) is 0 Å². The lowest BCUT2D eigenvalue weighted by Crippen LogP contribution is -1.89. The van der Waals surface area contributed by atoms with Gasteiger partial charge in [-0.25, -0.2) is 4.39 Å². The molecule has 0 nitrogen and oxygen atoms in total. The molecule has 0 saturated carbocycles. The maximum absolute atomic E-state index is 12.9. The summed E-state index contributed by atoms with van der Waals surface area (Å²) in [6.07, 6.45) is 4.15. The number of aryl methyl sites for hydroxylation is 2. The van der Waals surface area contributed by atoms with Crippen molar-refractivity contribution in [1.82, 2.24) is 0 Å². The minimum absolute atomic E-state index is 0.196. The van der Waals surface area contributed by atoms with Gasteiger partial charge < -0.3 is 0 Å². The van der Waals surface area contributed by atoms with E-state index in [1.807, 2.05) is 25.1 Å². The lowest BCUT2D eigenvalue weighted by Gasteiger charge is -2.10. The van der Waals surface area contributed by atoms with Gasteiger partial charge in [0.1, 0.15) is 5.82 Å². The Morgan fingerprint density at radius 3 is 2.22 bits per heavy atom. The van der Waals surface area contributed by atoms with Gasteiger partial charge in [-0.3, -0.25) is 0 Å². The maximum Gasteiger partial charge on any atom is 0.123 e. The summed E-state index contributed by atoms with van der Waals surface area (Å²) in [5.74, 6) is -0.196. The Balaban J connectivity index is 2.52. The summed E-state index contributed by atoms with van der Waals surface area (Å²) in [6.45, 7) is 6.20. The van der Waals surface area contributed by atoms with E-state index >= 15 is 0 Å². The Labute approximate surface area is 108 Å². The van der Waals surface area contributed by atoms with Crippen molar-refractivity contribution in [2.75, 3.05) is 0 Å². The smallest absolute Gasteiger partial charge is 0.123 e. The highest BCUT2D eigenvalue weighted by Gasteiger charge is 2.05. The van der Waals surface area contributed by atoms with Crippen LogP contribution >= 0.6 is 0 Å². The van der Waals surface area contributed by atoms with E-state index in [1.165, 1.54) is 34.4 Å². The Kier molecular flexibility index (Phi) is 3.61. The van der Waals surface area contributed by atoms with Crippen molar-refractivity contribution in [3.8, 4) is 11.1 Å². The van der Waals surface area contributed by atoms with Gasteiger partial charge in [-0.2, -0.15) is 0 Å². The first kappa shape index (κ1) is 12.6. The van der Waals surface area contributed by atoms with Gasteiger partial charge in [-0.1, -0.05) is 36.4 Å². The maximum atomic E-state index is 12.9. The molecule has 0 heterocycles. The summed E-state index contributed by atoms with van der Waals surface area (Å²) in [4.78, 5) is 0. The molecular weight excluding hydrogens is 223 g/mol. The van der Waals surface area contributed by atoms with Crippen molar-refractivity contribution >= 4 is 6.08 Å². The Hall–Kier alpha value is -1.89. The molecule has 0 unspecified atom stereocenters. The number of allylic oxidation sites excluding steroid dienone is 1. The molecule has 0 N–H and O–H groups in total. The molecule has 2 aromatic carbocycles. The van der Waals surface area contributed by atoms with Crippen LogP contribution in [0.3, 0.4) is 0 Å². The Morgan fingerprint density at radius 1 is 0.944 bits per heavy atom. The molecule has 2 rings (SSSR count). The topological polar surface area (TPSA) is 0 Å². The highest BCUT2D eigenvalue weighted by Crippen LogP contribution is 2.27. The normalized spacial score (nSPS) is 11.1. The SMILES string of the molecule is C/C=C/c1cc(C)c(-c2ccc(F)cc2)cc1C. The first-order valence-corrected chi connectivity index (χ1v) is 6.11. The van der Waals surface area contributed by atoms with Crippen LogP contribution in [-0.4, -0.2) is 0 Å². The quantitative estimate of drug-likeness (QED) is 0.681. The van der Waals surface area contributed by atoms with Crippen LogP contribution in [0, 0.1) is 19.7 Å². The molecule has 0 amide bonds. The van der Waals surface area contributed by atoms with Crippen molar-refractivity contribution < 1.29 is 4.39 Å². The number of hydrogen-bond acceptors (Lipinski definition) is 0. The first-order chi connectivity index (χ1) is 8.61. The molecule has 92 valence electrons. The molecule has 0 aliphatic carbocycles. The highest BCUT2D eigenvalue weighted by molar-refractivity contribution is 5.71. The van der Waals surface area contributed by atoms with Gasteiger partial charge in [0.15, 0.2) is 0 Å². The molecule has 0 aliphatic rings. The van der Waals surface area contributed by atoms with Crippen LogP contribution in [-0.2, 0) is 0 Å². The van der Waals surface area contributed by atoms with Gasteiger partial charge in [0.2, 0.25) is 0 Å². The van der Waals surface area contributed by atoms with Crippen LogP contribution in [0.15, 0.2) is 42.5 Å². The number of rotatable bonds is 2.